The molecule has 0 aliphatic heterocycles. The third kappa shape index (κ3) is 4.38. The van der Waals surface area contributed by atoms with Crippen LogP contribution in [-0.4, -0.2) is 13.2 Å². The molecular formula is C16H18FNO. The zero-order valence-corrected chi connectivity index (χ0v) is 10.8. The monoisotopic (exact) mass is 259 g/mol. The van der Waals surface area contributed by atoms with Gasteiger partial charge in [-0.25, -0.2) is 4.39 Å². The van der Waals surface area contributed by atoms with E-state index in [1.165, 1.54) is 17.7 Å². The van der Waals surface area contributed by atoms with E-state index in [1.54, 1.807) is 12.1 Å². The summed E-state index contributed by atoms with van der Waals surface area (Å²) in [4.78, 5) is 0. The van der Waals surface area contributed by atoms with Gasteiger partial charge in [-0.2, -0.15) is 0 Å². The van der Waals surface area contributed by atoms with Crippen molar-refractivity contribution in [2.24, 2.45) is 11.7 Å². The van der Waals surface area contributed by atoms with Gasteiger partial charge >= 0.3 is 0 Å². The lowest BCUT2D eigenvalue weighted by Gasteiger charge is -2.16. The Morgan fingerprint density at radius 3 is 2.53 bits per heavy atom. The second kappa shape index (κ2) is 6.90. The third-order valence-electron chi connectivity index (χ3n) is 2.98. The van der Waals surface area contributed by atoms with E-state index in [1.807, 2.05) is 18.2 Å². The molecule has 2 aromatic carbocycles. The molecule has 2 rings (SSSR count). The fraction of sp³-hybridized carbons (Fsp3) is 0.250. The highest BCUT2D eigenvalue weighted by Gasteiger charge is 2.09. The predicted molar refractivity (Wildman–Crippen MR) is 74.6 cm³/mol. The summed E-state index contributed by atoms with van der Waals surface area (Å²) < 4.78 is 18.6. The first-order chi connectivity index (χ1) is 9.28. The highest BCUT2D eigenvalue weighted by Crippen LogP contribution is 2.14. The molecule has 0 saturated carbocycles. The lowest BCUT2D eigenvalue weighted by Crippen LogP contribution is -2.23. The molecule has 0 bridgehead atoms. The van der Waals surface area contributed by atoms with Crippen LogP contribution in [0.15, 0.2) is 54.6 Å². The minimum atomic E-state index is -0.287. The maximum Gasteiger partial charge on any atom is 0.126 e. The Kier molecular flexibility index (Phi) is 4.93. The van der Waals surface area contributed by atoms with Gasteiger partial charge in [0.05, 0.1) is 6.61 Å². The molecule has 1 atom stereocenters. The van der Waals surface area contributed by atoms with E-state index in [9.17, 15) is 4.39 Å². The fourth-order valence-corrected chi connectivity index (χ4v) is 1.93. The molecule has 2 N–H and O–H groups in total. The van der Waals surface area contributed by atoms with Gasteiger partial charge < -0.3 is 10.5 Å². The molecule has 19 heavy (non-hydrogen) atoms. The van der Waals surface area contributed by atoms with E-state index in [4.69, 9.17) is 10.5 Å². The first-order valence-corrected chi connectivity index (χ1v) is 6.40. The number of benzene rings is 2. The van der Waals surface area contributed by atoms with Crippen LogP contribution in [0, 0.1) is 11.7 Å². The van der Waals surface area contributed by atoms with Crippen molar-refractivity contribution in [1.82, 2.24) is 0 Å². The van der Waals surface area contributed by atoms with Crippen LogP contribution in [0.4, 0.5) is 4.39 Å². The zero-order valence-electron chi connectivity index (χ0n) is 10.8. The van der Waals surface area contributed by atoms with Crippen LogP contribution in [0.5, 0.6) is 5.75 Å². The average Bonchev–Trinajstić information content (AvgIpc) is 2.44. The quantitative estimate of drug-likeness (QED) is 0.865. The van der Waals surface area contributed by atoms with Gasteiger partial charge in [-0.05, 0) is 30.7 Å². The number of rotatable bonds is 6. The van der Waals surface area contributed by atoms with Crippen molar-refractivity contribution in [3.8, 4) is 5.75 Å². The van der Waals surface area contributed by atoms with Gasteiger partial charge in [0.25, 0.3) is 0 Å². The molecule has 0 spiro atoms. The normalized spacial score (nSPS) is 12.1. The molecule has 0 saturated heterocycles. The van der Waals surface area contributed by atoms with Crippen LogP contribution in [0.1, 0.15) is 5.56 Å². The maximum absolute atomic E-state index is 13.0. The molecule has 0 radical (unpaired) electrons. The smallest absolute Gasteiger partial charge is 0.126 e. The van der Waals surface area contributed by atoms with Gasteiger partial charge in [0.2, 0.25) is 0 Å². The largest absolute Gasteiger partial charge is 0.493 e. The van der Waals surface area contributed by atoms with Gasteiger partial charge in [0, 0.05) is 12.0 Å². The molecule has 0 aliphatic carbocycles. The predicted octanol–water partition coefficient (Wildman–Crippen LogP) is 3.02. The minimum absolute atomic E-state index is 0.227. The zero-order chi connectivity index (χ0) is 13.5. The van der Waals surface area contributed by atoms with Gasteiger partial charge in [-0.15, -0.1) is 0 Å². The molecule has 0 aromatic heterocycles. The summed E-state index contributed by atoms with van der Waals surface area (Å²) in [5.41, 5.74) is 7.00. The van der Waals surface area contributed by atoms with Crippen molar-refractivity contribution in [3.63, 3.8) is 0 Å². The summed E-state index contributed by atoms with van der Waals surface area (Å²) in [5.74, 6) is 0.488. The van der Waals surface area contributed by atoms with Crippen molar-refractivity contribution in [2.45, 2.75) is 6.42 Å². The fourth-order valence-electron chi connectivity index (χ4n) is 1.93. The lowest BCUT2D eigenvalue weighted by molar-refractivity contribution is 0.251. The van der Waals surface area contributed by atoms with E-state index in [2.05, 4.69) is 12.1 Å². The van der Waals surface area contributed by atoms with Crippen molar-refractivity contribution < 1.29 is 9.13 Å². The highest BCUT2D eigenvalue weighted by atomic mass is 19.1. The first-order valence-electron chi connectivity index (χ1n) is 6.40. The van der Waals surface area contributed by atoms with E-state index in [0.29, 0.717) is 18.9 Å². The summed E-state index contributed by atoms with van der Waals surface area (Å²) in [5, 5.41) is 0. The van der Waals surface area contributed by atoms with Gasteiger partial charge in [0.15, 0.2) is 0 Å². The Labute approximate surface area is 113 Å². The van der Waals surface area contributed by atoms with E-state index < -0.39 is 0 Å². The Morgan fingerprint density at radius 2 is 1.84 bits per heavy atom. The van der Waals surface area contributed by atoms with Crippen molar-refractivity contribution >= 4 is 0 Å². The molecular weight excluding hydrogens is 241 g/mol. The van der Waals surface area contributed by atoms with E-state index >= 15 is 0 Å². The average molecular weight is 259 g/mol. The van der Waals surface area contributed by atoms with Crippen molar-refractivity contribution in [3.05, 3.63) is 66.0 Å². The van der Waals surface area contributed by atoms with Crippen LogP contribution < -0.4 is 10.5 Å². The van der Waals surface area contributed by atoms with Crippen LogP contribution in [0.3, 0.4) is 0 Å². The van der Waals surface area contributed by atoms with Crippen LogP contribution in [-0.2, 0) is 6.42 Å². The Balaban J connectivity index is 1.89. The molecule has 100 valence electrons. The molecule has 0 heterocycles. The molecule has 3 heteroatoms. The van der Waals surface area contributed by atoms with Gasteiger partial charge in [-0.1, -0.05) is 36.4 Å². The number of halogens is 1. The standard InChI is InChI=1S/C16H18FNO/c17-15-7-4-8-16(10-15)19-12-14(11-18)9-13-5-2-1-3-6-13/h1-8,10,14H,9,11-12,18H2. The minimum Gasteiger partial charge on any atom is -0.493 e. The summed E-state index contributed by atoms with van der Waals surface area (Å²) >= 11 is 0. The van der Waals surface area contributed by atoms with Crippen LogP contribution >= 0.6 is 0 Å². The molecule has 1 unspecified atom stereocenters. The summed E-state index contributed by atoms with van der Waals surface area (Å²) in [6, 6.07) is 16.3. The summed E-state index contributed by atoms with van der Waals surface area (Å²) in [7, 11) is 0. The summed E-state index contributed by atoms with van der Waals surface area (Å²) in [6.07, 6.45) is 0.868. The van der Waals surface area contributed by atoms with Gasteiger partial charge in [0.1, 0.15) is 11.6 Å². The number of nitrogens with two attached hydrogens (primary N) is 1. The Morgan fingerprint density at radius 1 is 1.05 bits per heavy atom. The summed E-state index contributed by atoms with van der Waals surface area (Å²) in [6.45, 7) is 1.04. The molecule has 2 aromatic rings. The second-order valence-corrected chi connectivity index (χ2v) is 4.56. The van der Waals surface area contributed by atoms with Crippen molar-refractivity contribution in [1.29, 1.82) is 0 Å². The van der Waals surface area contributed by atoms with E-state index in [-0.39, 0.29) is 11.7 Å². The second-order valence-electron chi connectivity index (χ2n) is 4.56. The molecule has 0 fully saturated rings. The lowest BCUT2D eigenvalue weighted by atomic mass is 10.0. The Bertz CT molecular complexity index is 501. The van der Waals surface area contributed by atoms with E-state index in [0.717, 1.165) is 6.42 Å². The van der Waals surface area contributed by atoms with Crippen LogP contribution in [0.25, 0.3) is 0 Å². The number of hydrogen-bond donors (Lipinski definition) is 1. The molecule has 2 nitrogen and oxygen atoms in total. The third-order valence-corrected chi connectivity index (χ3v) is 2.98. The molecule has 0 aliphatic rings. The van der Waals surface area contributed by atoms with Crippen LogP contribution in [0.2, 0.25) is 0 Å². The maximum atomic E-state index is 13.0. The topological polar surface area (TPSA) is 35.2 Å². The number of hydrogen-bond acceptors (Lipinski definition) is 2. The molecule has 0 amide bonds. The number of ether oxygens (including phenoxy) is 1. The van der Waals surface area contributed by atoms with Gasteiger partial charge in [-0.3, -0.25) is 0 Å². The first kappa shape index (κ1) is 13.6. The highest BCUT2D eigenvalue weighted by molar-refractivity contribution is 5.22. The SMILES string of the molecule is NCC(COc1cccc(F)c1)Cc1ccccc1. The van der Waals surface area contributed by atoms with Crippen molar-refractivity contribution in [2.75, 3.05) is 13.2 Å². The Hall–Kier alpha value is -1.87.